The van der Waals surface area contributed by atoms with E-state index in [4.69, 9.17) is 21.1 Å². The van der Waals surface area contributed by atoms with Gasteiger partial charge in [0.05, 0.1) is 31.9 Å². The molecular weight excluding hydrogens is 441 g/mol. The van der Waals surface area contributed by atoms with Crippen LogP contribution in [0.5, 0.6) is 0 Å². The van der Waals surface area contributed by atoms with E-state index < -0.39 is 29.2 Å². The number of benzene rings is 1. The van der Waals surface area contributed by atoms with Crippen molar-refractivity contribution in [1.29, 1.82) is 0 Å². The Balaban J connectivity index is 1.76. The third-order valence-corrected chi connectivity index (χ3v) is 5.63. The lowest BCUT2D eigenvalue weighted by Gasteiger charge is -2.33. The minimum absolute atomic E-state index is 0.0637. The highest BCUT2D eigenvalue weighted by molar-refractivity contribution is 6.30. The lowest BCUT2D eigenvalue weighted by Crippen LogP contribution is -2.49. The van der Waals surface area contributed by atoms with Crippen LogP contribution in [-0.4, -0.2) is 88.7 Å². The number of β-amino-alcohol motifs (C(OH)–C–C–N with tert-alkyl or cyclic N) is 1. The first kappa shape index (κ1) is 24.7. The minimum Gasteiger partial charge on any atom is -0.444 e. The predicted molar refractivity (Wildman–Crippen MR) is 117 cm³/mol. The second kappa shape index (κ2) is 9.91. The smallest absolute Gasteiger partial charge is 0.411 e. The van der Waals surface area contributed by atoms with Crippen molar-refractivity contribution in [3.63, 3.8) is 0 Å². The van der Waals surface area contributed by atoms with Gasteiger partial charge in [-0.05, 0) is 38.5 Å². The molecule has 2 fully saturated rings. The molecule has 2 atom stereocenters. The van der Waals surface area contributed by atoms with Crippen molar-refractivity contribution in [3.05, 3.63) is 34.9 Å². The molecule has 1 aromatic rings. The van der Waals surface area contributed by atoms with Crippen LogP contribution in [0.25, 0.3) is 0 Å². The van der Waals surface area contributed by atoms with E-state index in [1.165, 1.54) is 0 Å². The first-order chi connectivity index (χ1) is 15.0. The minimum atomic E-state index is -1.37. The van der Waals surface area contributed by atoms with Crippen LogP contribution in [0.4, 0.5) is 9.28 Å². The van der Waals surface area contributed by atoms with Gasteiger partial charge >= 0.3 is 6.09 Å². The van der Waals surface area contributed by atoms with E-state index in [0.29, 0.717) is 36.9 Å². The molecule has 8 nitrogen and oxygen atoms in total. The zero-order chi connectivity index (χ0) is 23.5. The van der Waals surface area contributed by atoms with Gasteiger partial charge in [-0.3, -0.25) is 14.6 Å². The summed E-state index contributed by atoms with van der Waals surface area (Å²) in [5.41, 5.74) is -1.66. The lowest BCUT2D eigenvalue weighted by atomic mass is 9.99. The first-order valence-electron chi connectivity index (χ1n) is 10.7. The highest BCUT2D eigenvalue weighted by Crippen LogP contribution is 2.32. The molecule has 2 saturated heterocycles. The Labute approximate surface area is 192 Å². The third-order valence-electron chi connectivity index (χ3n) is 5.40. The van der Waals surface area contributed by atoms with Crippen LogP contribution in [0.1, 0.15) is 32.8 Å². The number of nitrogens with zero attached hydrogens (tertiary/aromatic N) is 3. The predicted octanol–water partition coefficient (Wildman–Crippen LogP) is 2.63. The number of hydrogen-bond acceptors (Lipinski definition) is 6. The molecule has 0 aliphatic carbocycles. The second-order valence-electron chi connectivity index (χ2n) is 9.43. The van der Waals surface area contributed by atoms with Gasteiger partial charge < -0.3 is 14.6 Å². The number of carbonyl (C=O) groups excluding carboxylic acids is 2. The molecule has 178 valence electrons. The molecule has 1 N–H and O–H groups in total. The van der Waals surface area contributed by atoms with E-state index >= 15 is 0 Å². The quantitative estimate of drug-likeness (QED) is 0.665. The summed E-state index contributed by atoms with van der Waals surface area (Å²) in [6.45, 7) is 7.29. The Bertz CT molecular complexity index is 830. The zero-order valence-electron chi connectivity index (χ0n) is 18.7. The Morgan fingerprint density at radius 2 is 2.03 bits per heavy atom. The van der Waals surface area contributed by atoms with Crippen LogP contribution in [-0.2, 0) is 20.8 Å². The van der Waals surface area contributed by atoms with Crippen LogP contribution in [0.3, 0.4) is 0 Å². The van der Waals surface area contributed by atoms with Gasteiger partial charge in [0.2, 0.25) is 0 Å². The van der Waals surface area contributed by atoms with Crippen LogP contribution in [0.15, 0.2) is 24.3 Å². The van der Waals surface area contributed by atoms with E-state index in [1.807, 2.05) is 4.90 Å². The van der Waals surface area contributed by atoms with Crippen LogP contribution < -0.4 is 0 Å². The fourth-order valence-electron chi connectivity index (χ4n) is 4.02. The summed E-state index contributed by atoms with van der Waals surface area (Å²) >= 11 is 5.95. The third kappa shape index (κ3) is 6.54. The standard InChI is InChI=1S/C22H31ClFN3O5/c1-21(2,3)32-20(29)26-15-22(30,14-25-7-9-31-10-8-25)12-18(26)19(28)27(24)13-16-5-4-6-17(23)11-16/h4-6,11,18,30H,7-10,12-15H2,1-3H3/t18-,22+/m0/s1. The average molecular weight is 472 g/mol. The summed E-state index contributed by atoms with van der Waals surface area (Å²) in [4.78, 5) is 29.0. The van der Waals surface area contributed by atoms with Gasteiger partial charge in [0.25, 0.3) is 5.91 Å². The summed E-state index contributed by atoms with van der Waals surface area (Å²) < 4.78 is 25.7. The number of aliphatic hydroxyl groups is 1. The summed E-state index contributed by atoms with van der Waals surface area (Å²) in [5, 5.41) is 11.7. The van der Waals surface area contributed by atoms with Crippen molar-refractivity contribution in [2.24, 2.45) is 0 Å². The largest absolute Gasteiger partial charge is 0.444 e. The highest BCUT2D eigenvalue weighted by Gasteiger charge is 2.51. The molecule has 2 heterocycles. The molecule has 2 amide bonds. The van der Waals surface area contributed by atoms with Crippen LogP contribution >= 0.6 is 11.6 Å². The van der Waals surface area contributed by atoms with E-state index in [-0.39, 0.29) is 31.2 Å². The summed E-state index contributed by atoms with van der Waals surface area (Å²) in [5.74, 6) is -0.909. The molecule has 1 aromatic carbocycles. The van der Waals surface area contributed by atoms with Crippen LogP contribution in [0, 0.1) is 0 Å². The van der Waals surface area contributed by atoms with Crippen molar-refractivity contribution in [3.8, 4) is 0 Å². The molecule has 32 heavy (non-hydrogen) atoms. The van der Waals surface area contributed by atoms with Crippen molar-refractivity contribution in [2.45, 2.75) is 51.0 Å². The Morgan fingerprint density at radius 1 is 1.34 bits per heavy atom. The van der Waals surface area contributed by atoms with Gasteiger partial charge in [0.15, 0.2) is 0 Å². The normalized spacial score (nSPS) is 24.4. The van der Waals surface area contributed by atoms with Crippen molar-refractivity contribution in [2.75, 3.05) is 39.4 Å². The number of rotatable bonds is 5. The fourth-order valence-corrected chi connectivity index (χ4v) is 4.23. The maximum Gasteiger partial charge on any atom is 0.411 e. The first-order valence-corrected chi connectivity index (χ1v) is 11.1. The van der Waals surface area contributed by atoms with E-state index in [1.54, 1.807) is 45.0 Å². The Hall–Kier alpha value is -1.94. The van der Waals surface area contributed by atoms with Gasteiger partial charge in [-0.1, -0.05) is 28.2 Å². The van der Waals surface area contributed by atoms with Gasteiger partial charge in [0.1, 0.15) is 11.6 Å². The molecule has 0 bridgehead atoms. The molecule has 3 rings (SSSR count). The molecule has 0 aromatic heterocycles. The van der Waals surface area contributed by atoms with Gasteiger partial charge in [-0.25, -0.2) is 4.79 Å². The number of hydrogen-bond donors (Lipinski definition) is 1. The number of carbonyl (C=O) groups is 2. The number of amides is 2. The SMILES string of the molecule is CC(C)(C)OC(=O)N1C[C@](O)(CN2CCOCC2)C[C@H]1C(=O)N(F)Cc1cccc(Cl)c1. The van der Waals surface area contributed by atoms with Crippen LogP contribution in [0.2, 0.25) is 5.02 Å². The molecule has 0 saturated carbocycles. The topological polar surface area (TPSA) is 82.5 Å². The number of ether oxygens (including phenoxy) is 2. The molecule has 0 unspecified atom stereocenters. The average Bonchev–Trinajstić information content (AvgIpc) is 3.04. The molecule has 0 spiro atoms. The molecule has 0 radical (unpaired) electrons. The zero-order valence-corrected chi connectivity index (χ0v) is 19.5. The Morgan fingerprint density at radius 3 is 2.66 bits per heavy atom. The Kier molecular flexibility index (Phi) is 7.65. The summed E-state index contributed by atoms with van der Waals surface area (Å²) in [6, 6.07) is 5.36. The van der Waals surface area contributed by atoms with Crippen molar-refractivity contribution >= 4 is 23.6 Å². The molecular formula is C22H31ClFN3O5. The van der Waals surface area contributed by atoms with Gasteiger partial charge in [-0.15, -0.1) is 0 Å². The maximum atomic E-state index is 14.9. The number of likely N-dealkylation sites (tertiary alicyclic amines) is 1. The molecule has 10 heteroatoms. The number of morpholine rings is 1. The second-order valence-corrected chi connectivity index (χ2v) is 9.87. The molecule has 2 aliphatic heterocycles. The summed E-state index contributed by atoms with van der Waals surface area (Å²) in [7, 11) is 0. The van der Waals surface area contributed by atoms with Gasteiger partial charge in [-0.2, -0.15) is 5.12 Å². The number of halogens is 2. The van der Waals surface area contributed by atoms with E-state index in [0.717, 1.165) is 4.90 Å². The van der Waals surface area contributed by atoms with Crippen molar-refractivity contribution < 1.29 is 28.7 Å². The lowest BCUT2D eigenvalue weighted by molar-refractivity contribution is -0.153. The monoisotopic (exact) mass is 471 g/mol. The summed E-state index contributed by atoms with van der Waals surface area (Å²) in [6.07, 6.45) is -0.844. The van der Waals surface area contributed by atoms with E-state index in [2.05, 4.69) is 0 Å². The van der Waals surface area contributed by atoms with Crippen molar-refractivity contribution in [1.82, 2.24) is 14.9 Å². The highest BCUT2D eigenvalue weighted by atomic mass is 35.5. The fraction of sp³-hybridized carbons (Fsp3) is 0.636. The molecule has 2 aliphatic rings. The maximum absolute atomic E-state index is 14.9. The van der Waals surface area contributed by atoms with Gasteiger partial charge in [0, 0.05) is 31.1 Å². The van der Waals surface area contributed by atoms with E-state index in [9.17, 15) is 19.2 Å².